The molecule has 1 aliphatic heterocycles. The van der Waals surface area contributed by atoms with E-state index in [2.05, 4.69) is 33.9 Å². The molecule has 3 rings (SSSR count). The van der Waals surface area contributed by atoms with Crippen molar-refractivity contribution in [3.05, 3.63) is 69.2 Å². The van der Waals surface area contributed by atoms with E-state index in [0.717, 1.165) is 42.9 Å². The average Bonchev–Trinajstić information content (AvgIpc) is 2.65. The quantitative estimate of drug-likeness (QED) is 0.631. The van der Waals surface area contributed by atoms with Crippen molar-refractivity contribution in [3.63, 3.8) is 0 Å². The summed E-state index contributed by atoms with van der Waals surface area (Å²) < 4.78 is 0. The third-order valence-electron chi connectivity index (χ3n) is 4.97. The lowest BCUT2D eigenvalue weighted by molar-refractivity contribution is 0.0992. The summed E-state index contributed by atoms with van der Waals surface area (Å²) in [4.78, 5) is 22.3. The highest BCUT2D eigenvalue weighted by molar-refractivity contribution is 6.30. The minimum atomic E-state index is -0.0330. The van der Waals surface area contributed by atoms with Crippen molar-refractivity contribution in [1.82, 2.24) is 15.2 Å². The fourth-order valence-electron chi connectivity index (χ4n) is 3.47. The number of aromatic nitrogens is 1. The first-order valence-electron chi connectivity index (χ1n) is 9.06. The van der Waals surface area contributed by atoms with Crippen molar-refractivity contribution in [2.75, 3.05) is 19.6 Å². The molecule has 0 bridgehead atoms. The van der Waals surface area contributed by atoms with Crippen LogP contribution in [0.2, 0.25) is 5.02 Å². The number of ketones is 1. The van der Waals surface area contributed by atoms with E-state index in [-0.39, 0.29) is 18.0 Å². The Hall–Kier alpha value is -2.26. The summed E-state index contributed by atoms with van der Waals surface area (Å²) in [5.74, 6) is 0.201. The summed E-state index contributed by atoms with van der Waals surface area (Å²) in [6.45, 7) is 15.1. The van der Waals surface area contributed by atoms with E-state index in [9.17, 15) is 4.79 Å². The molecule has 0 saturated carbocycles. The molecule has 0 amide bonds. The molecule has 6 heteroatoms. The van der Waals surface area contributed by atoms with Gasteiger partial charge in [0.2, 0.25) is 0 Å². The van der Waals surface area contributed by atoms with Crippen molar-refractivity contribution < 1.29 is 4.79 Å². The largest absolute Gasteiger partial charge is 0.361 e. The maximum absolute atomic E-state index is 12.7. The topological polar surface area (TPSA) is 49.6 Å². The molecule has 5 nitrogen and oxygen atoms in total. The Morgan fingerprint density at radius 1 is 1.41 bits per heavy atom. The van der Waals surface area contributed by atoms with E-state index in [1.165, 1.54) is 12.3 Å². The summed E-state index contributed by atoms with van der Waals surface area (Å²) in [5, 5.41) is 4.10. The van der Waals surface area contributed by atoms with Gasteiger partial charge in [0.05, 0.1) is 0 Å². The van der Waals surface area contributed by atoms with Gasteiger partial charge in [-0.25, -0.2) is 0 Å². The number of pyridine rings is 1. The van der Waals surface area contributed by atoms with E-state index in [1.54, 1.807) is 6.07 Å². The Balaban J connectivity index is 1.80. The van der Waals surface area contributed by atoms with Gasteiger partial charge >= 0.3 is 0 Å². The second-order valence-corrected chi connectivity index (χ2v) is 7.49. The van der Waals surface area contributed by atoms with Gasteiger partial charge in [0.15, 0.2) is 5.78 Å². The van der Waals surface area contributed by atoms with Crippen LogP contribution in [0.25, 0.3) is 4.85 Å². The highest BCUT2D eigenvalue weighted by Gasteiger charge is 2.18. The van der Waals surface area contributed by atoms with Crippen LogP contribution in [0.5, 0.6) is 0 Å². The molecule has 2 heterocycles. The highest BCUT2D eigenvalue weighted by atomic mass is 35.5. The third kappa shape index (κ3) is 4.92. The van der Waals surface area contributed by atoms with Gasteiger partial charge in [-0.05, 0) is 54.8 Å². The van der Waals surface area contributed by atoms with Gasteiger partial charge in [-0.2, -0.15) is 0 Å². The molecule has 2 aromatic rings. The van der Waals surface area contributed by atoms with E-state index >= 15 is 0 Å². The molecule has 0 radical (unpaired) electrons. The molecule has 1 atom stereocenters. The number of Topliss-reactive ketones (excluding diaryl/α,β-unsaturated/α-hetero) is 1. The van der Waals surface area contributed by atoms with Crippen LogP contribution in [0.3, 0.4) is 0 Å². The summed E-state index contributed by atoms with van der Waals surface area (Å²) >= 11 is 6.35. The molecule has 1 aromatic heterocycles. The summed E-state index contributed by atoms with van der Waals surface area (Å²) in [6, 6.07) is 7.54. The van der Waals surface area contributed by atoms with Crippen LogP contribution in [0, 0.1) is 13.5 Å². The molecule has 0 unspecified atom stereocenters. The number of hydrogen-bond acceptors (Lipinski definition) is 4. The second-order valence-electron chi connectivity index (χ2n) is 7.05. The smallest absolute Gasteiger partial charge is 0.270 e. The van der Waals surface area contributed by atoms with Crippen molar-refractivity contribution in [1.29, 1.82) is 0 Å². The van der Waals surface area contributed by atoms with Gasteiger partial charge in [0.1, 0.15) is 6.20 Å². The Kier molecular flexibility index (Phi) is 6.22. The van der Waals surface area contributed by atoms with Gasteiger partial charge in [-0.15, -0.1) is 4.98 Å². The number of nitrogens with one attached hydrogen (secondary N) is 1. The summed E-state index contributed by atoms with van der Waals surface area (Å²) in [6.07, 6.45) is 1.77. The van der Waals surface area contributed by atoms with Crippen LogP contribution >= 0.6 is 11.6 Å². The molecular weight excluding hydrogens is 360 g/mol. The predicted molar refractivity (Wildman–Crippen MR) is 107 cm³/mol. The normalized spacial score (nSPS) is 17.5. The fraction of sp³-hybridized carbons (Fsp3) is 0.381. The first-order chi connectivity index (χ1) is 13.0. The fourth-order valence-corrected chi connectivity index (χ4v) is 3.73. The number of halogens is 1. The molecule has 1 saturated heterocycles. The molecular formula is C21H23ClN4O. The molecule has 1 N–H and O–H groups in total. The Bertz CT molecular complexity index is 890. The number of hydrogen-bond donors (Lipinski definition) is 1. The Morgan fingerprint density at radius 3 is 2.93 bits per heavy atom. The lowest BCUT2D eigenvalue weighted by atomic mass is 9.96. The first kappa shape index (κ1) is 19.5. The van der Waals surface area contributed by atoms with Crippen molar-refractivity contribution in [3.8, 4) is 0 Å². The number of piperazine rings is 1. The van der Waals surface area contributed by atoms with Crippen LogP contribution < -0.4 is 5.32 Å². The summed E-state index contributed by atoms with van der Waals surface area (Å²) in [5.41, 5.74) is 3.72. The van der Waals surface area contributed by atoms with Crippen LogP contribution in [0.4, 0.5) is 5.82 Å². The SMILES string of the molecule is [C-]#[N+]c1cc(C(=O)Cc2cc(Cl)cc(CN3CCN[C@@H](C)C3)c2C)ccn1. The number of nitrogens with zero attached hydrogens (tertiary/aromatic N) is 3. The standard InChI is InChI=1S/C21H23ClN4O/c1-14-12-26(7-6-24-14)13-18-9-19(22)8-17(15(18)2)10-20(27)16-4-5-25-21(11-16)23-3/h4-5,8-9,11,14,24H,6-7,10,12-13H2,1-2H3/t14-/m0/s1. The maximum atomic E-state index is 12.7. The molecule has 27 heavy (non-hydrogen) atoms. The van der Waals surface area contributed by atoms with E-state index < -0.39 is 0 Å². The molecule has 0 spiro atoms. The van der Waals surface area contributed by atoms with Gasteiger partial charge in [0, 0.05) is 49.2 Å². The van der Waals surface area contributed by atoms with Gasteiger partial charge in [-0.1, -0.05) is 18.2 Å². The molecule has 1 aromatic carbocycles. The zero-order chi connectivity index (χ0) is 19.4. The number of rotatable bonds is 5. The maximum Gasteiger partial charge on any atom is 0.270 e. The zero-order valence-electron chi connectivity index (χ0n) is 15.6. The van der Waals surface area contributed by atoms with E-state index in [4.69, 9.17) is 18.2 Å². The van der Waals surface area contributed by atoms with Crippen LogP contribution in [-0.2, 0) is 13.0 Å². The molecule has 140 valence electrons. The minimum Gasteiger partial charge on any atom is -0.361 e. The minimum absolute atomic E-state index is 0.0330. The van der Waals surface area contributed by atoms with Crippen molar-refractivity contribution in [2.45, 2.75) is 32.9 Å². The van der Waals surface area contributed by atoms with E-state index in [1.807, 2.05) is 12.1 Å². The van der Waals surface area contributed by atoms with Crippen LogP contribution in [-0.4, -0.2) is 41.3 Å². The average molecular weight is 383 g/mol. The zero-order valence-corrected chi connectivity index (χ0v) is 16.4. The molecule has 1 aliphatic rings. The highest BCUT2D eigenvalue weighted by Crippen LogP contribution is 2.24. The Morgan fingerprint density at radius 2 is 2.19 bits per heavy atom. The first-order valence-corrected chi connectivity index (χ1v) is 9.44. The van der Waals surface area contributed by atoms with Crippen LogP contribution in [0.15, 0.2) is 30.5 Å². The second kappa shape index (κ2) is 8.62. The number of carbonyl (C=O) groups excluding carboxylic acids is 1. The molecule has 0 aliphatic carbocycles. The predicted octanol–water partition coefficient (Wildman–Crippen LogP) is 3.81. The lowest BCUT2D eigenvalue weighted by Crippen LogP contribution is -2.48. The van der Waals surface area contributed by atoms with Crippen molar-refractivity contribution in [2.24, 2.45) is 0 Å². The molecule has 1 fully saturated rings. The third-order valence-corrected chi connectivity index (χ3v) is 5.19. The van der Waals surface area contributed by atoms with Gasteiger partial charge in [0.25, 0.3) is 5.82 Å². The number of carbonyl (C=O) groups is 1. The van der Waals surface area contributed by atoms with Crippen LogP contribution in [0.1, 0.15) is 34.0 Å². The Labute approximate surface area is 165 Å². The number of benzene rings is 1. The van der Waals surface area contributed by atoms with Gasteiger partial charge in [-0.3, -0.25) is 9.69 Å². The lowest BCUT2D eigenvalue weighted by Gasteiger charge is -2.32. The van der Waals surface area contributed by atoms with Gasteiger partial charge < -0.3 is 10.2 Å². The van der Waals surface area contributed by atoms with Crippen molar-refractivity contribution >= 4 is 23.2 Å². The van der Waals surface area contributed by atoms with E-state index in [0.29, 0.717) is 16.6 Å². The monoisotopic (exact) mass is 382 g/mol. The summed E-state index contributed by atoms with van der Waals surface area (Å²) in [7, 11) is 0.